The second-order valence-electron chi connectivity index (χ2n) is 4.76. The van der Waals surface area contributed by atoms with Crippen molar-refractivity contribution in [3.8, 4) is 28.5 Å². The summed E-state index contributed by atoms with van der Waals surface area (Å²) in [4.78, 5) is 4.37. The summed E-state index contributed by atoms with van der Waals surface area (Å²) in [5, 5.41) is 4.16. The Labute approximate surface area is 128 Å². The number of anilines is 1. The van der Waals surface area contributed by atoms with E-state index in [0.29, 0.717) is 28.6 Å². The van der Waals surface area contributed by atoms with Crippen LogP contribution in [0.15, 0.2) is 48.9 Å². The van der Waals surface area contributed by atoms with E-state index in [9.17, 15) is 0 Å². The van der Waals surface area contributed by atoms with Gasteiger partial charge in [-0.1, -0.05) is 0 Å². The summed E-state index contributed by atoms with van der Waals surface area (Å²) in [5.41, 5.74) is 7.91. The first-order valence-electron chi connectivity index (χ1n) is 6.73. The molecule has 0 radical (unpaired) electrons. The van der Waals surface area contributed by atoms with E-state index < -0.39 is 0 Å². The van der Waals surface area contributed by atoms with Gasteiger partial charge in [-0.2, -0.15) is 5.10 Å². The maximum absolute atomic E-state index is 5.88. The van der Waals surface area contributed by atoms with E-state index in [4.69, 9.17) is 15.2 Å². The number of rotatable bonds is 4. The zero-order valence-electron chi connectivity index (χ0n) is 12.4. The molecule has 1 aromatic carbocycles. The van der Waals surface area contributed by atoms with E-state index in [1.807, 2.05) is 13.2 Å². The average molecular weight is 296 g/mol. The summed E-state index contributed by atoms with van der Waals surface area (Å²) < 4.78 is 13.1. The van der Waals surface area contributed by atoms with Crippen LogP contribution in [-0.2, 0) is 7.05 Å². The number of aryl methyl sites for hydroxylation is 1. The minimum atomic E-state index is 0.562. The number of benzene rings is 1. The molecule has 0 atom stereocenters. The van der Waals surface area contributed by atoms with Crippen molar-refractivity contribution >= 4 is 5.69 Å². The SMILES string of the molecule is COc1c(Oc2ccc(N)cc2)ccnc1-c1cnn(C)c1. The van der Waals surface area contributed by atoms with Crippen LogP contribution in [0.4, 0.5) is 5.69 Å². The molecule has 6 nitrogen and oxygen atoms in total. The molecule has 0 amide bonds. The van der Waals surface area contributed by atoms with E-state index in [2.05, 4.69) is 10.1 Å². The van der Waals surface area contributed by atoms with Crippen LogP contribution in [0.5, 0.6) is 17.2 Å². The molecular weight excluding hydrogens is 280 g/mol. The Bertz CT molecular complexity index is 781. The number of methoxy groups -OCH3 is 1. The van der Waals surface area contributed by atoms with Crippen molar-refractivity contribution in [3.05, 3.63) is 48.9 Å². The van der Waals surface area contributed by atoms with E-state index >= 15 is 0 Å². The van der Waals surface area contributed by atoms with Crippen molar-refractivity contribution in [2.75, 3.05) is 12.8 Å². The van der Waals surface area contributed by atoms with Crippen LogP contribution < -0.4 is 15.2 Å². The van der Waals surface area contributed by atoms with Crippen LogP contribution >= 0.6 is 0 Å². The summed E-state index contributed by atoms with van der Waals surface area (Å²) in [6.07, 6.45) is 5.28. The lowest BCUT2D eigenvalue weighted by Gasteiger charge is -2.12. The molecule has 3 aromatic rings. The van der Waals surface area contributed by atoms with Crippen LogP contribution in [-0.4, -0.2) is 21.9 Å². The third-order valence-electron chi connectivity index (χ3n) is 3.16. The fourth-order valence-corrected chi connectivity index (χ4v) is 2.12. The smallest absolute Gasteiger partial charge is 0.187 e. The number of hydrogen-bond acceptors (Lipinski definition) is 5. The minimum Gasteiger partial charge on any atom is -0.491 e. The molecule has 0 bridgehead atoms. The Kier molecular flexibility index (Phi) is 3.65. The number of pyridine rings is 1. The molecule has 2 N–H and O–H groups in total. The highest BCUT2D eigenvalue weighted by Gasteiger charge is 2.15. The van der Waals surface area contributed by atoms with Crippen LogP contribution in [0, 0.1) is 0 Å². The molecule has 0 spiro atoms. The van der Waals surface area contributed by atoms with Gasteiger partial charge in [-0.3, -0.25) is 9.67 Å². The molecule has 0 fully saturated rings. The molecule has 112 valence electrons. The van der Waals surface area contributed by atoms with Crippen molar-refractivity contribution in [2.24, 2.45) is 7.05 Å². The van der Waals surface area contributed by atoms with Gasteiger partial charge in [0.1, 0.15) is 11.4 Å². The molecule has 2 heterocycles. The maximum atomic E-state index is 5.88. The zero-order valence-corrected chi connectivity index (χ0v) is 12.4. The first-order valence-corrected chi connectivity index (χ1v) is 6.73. The highest BCUT2D eigenvalue weighted by molar-refractivity contribution is 5.69. The Morgan fingerprint density at radius 2 is 1.91 bits per heavy atom. The maximum Gasteiger partial charge on any atom is 0.187 e. The van der Waals surface area contributed by atoms with Gasteiger partial charge in [-0.25, -0.2) is 0 Å². The predicted octanol–water partition coefficient (Wildman–Crippen LogP) is 2.87. The third kappa shape index (κ3) is 2.71. The molecule has 0 saturated heterocycles. The lowest BCUT2D eigenvalue weighted by atomic mass is 10.2. The number of nitrogens with zero attached hydrogens (tertiary/aromatic N) is 3. The van der Waals surface area contributed by atoms with Crippen LogP contribution in [0.1, 0.15) is 0 Å². The highest BCUT2D eigenvalue weighted by Crippen LogP contribution is 2.38. The van der Waals surface area contributed by atoms with Crippen molar-refractivity contribution in [2.45, 2.75) is 0 Å². The minimum absolute atomic E-state index is 0.562. The molecule has 3 rings (SSSR count). The van der Waals surface area contributed by atoms with Gasteiger partial charge in [0.15, 0.2) is 11.5 Å². The molecule has 2 aromatic heterocycles. The summed E-state index contributed by atoms with van der Waals surface area (Å²) in [7, 11) is 3.44. The molecule has 0 aliphatic rings. The summed E-state index contributed by atoms with van der Waals surface area (Å²) in [5.74, 6) is 1.82. The van der Waals surface area contributed by atoms with E-state index in [1.54, 1.807) is 54.5 Å². The van der Waals surface area contributed by atoms with Gasteiger partial charge in [-0.15, -0.1) is 0 Å². The third-order valence-corrected chi connectivity index (χ3v) is 3.16. The molecule has 0 aliphatic carbocycles. The Morgan fingerprint density at radius 3 is 2.55 bits per heavy atom. The monoisotopic (exact) mass is 296 g/mol. The molecular formula is C16H16N4O2. The van der Waals surface area contributed by atoms with E-state index in [1.165, 1.54) is 0 Å². The molecule has 6 heteroatoms. The van der Waals surface area contributed by atoms with Gasteiger partial charge >= 0.3 is 0 Å². The van der Waals surface area contributed by atoms with Gasteiger partial charge in [0.05, 0.1) is 13.3 Å². The molecule has 0 unspecified atom stereocenters. The van der Waals surface area contributed by atoms with Gasteiger partial charge in [-0.05, 0) is 24.3 Å². The quantitative estimate of drug-likeness (QED) is 0.749. The van der Waals surface area contributed by atoms with Crippen LogP contribution in [0.2, 0.25) is 0 Å². The number of hydrogen-bond donors (Lipinski definition) is 1. The van der Waals surface area contributed by atoms with Gasteiger partial charge < -0.3 is 15.2 Å². The first kappa shape index (κ1) is 13.9. The summed E-state index contributed by atoms with van der Waals surface area (Å²) in [6.45, 7) is 0. The molecule has 0 aliphatic heterocycles. The Hall–Kier alpha value is -3.02. The van der Waals surface area contributed by atoms with Gasteiger partial charge in [0, 0.05) is 36.8 Å². The second-order valence-corrected chi connectivity index (χ2v) is 4.76. The first-order chi connectivity index (χ1) is 10.7. The number of ether oxygens (including phenoxy) is 2. The lowest BCUT2D eigenvalue weighted by Crippen LogP contribution is -1.95. The highest BCUT2D eigenvalue weighted by atomic mass is 16.5. The van der Waals surface area contributed by atoms with Crippen LogP contribution in [0.3, 0.4) is 0 Å². The lowest BCUT2D eigenvalue weighted by molar-refractivity contribution is 0.378. The number of nitrogens with two attached hydrogens (primary N) is 1. The number of nitrogen functional groups attached to an aromatic ring is 1. The Morgan fingerprint density at radius 1 is 1.14 bits per heavy atom. The summed E-state index contributed by atoms with van der Waals surface area (Å²) >= 11 is 0. The van der Waals surface area contributed by atoms with Crippen molar-refractivity contribution < 1.29 is 9.47 Å². The van der Waals surface area contributed by atoms with E-state index in [-0.39, 0.29) is 0 Å². The molecule has 22 heavy (non-hydrogen) atoms. The second kappa shape index (κ2) is 5.77. The predicted molar refractivity (Wildman–Crippen MR) is 83.9 cm³/mol. The van der Waals surface area contributed by atoms with Crippen LogP contribution in [0.25, 0.3) is 11.3 Å². The van der Waals surface area contributed by atoms with E-state index in [0.717, 1.165) is 5.56 Å². The van der Waals surface area contributed by atoms with Gasteiger partial charge in [0.2, 0.25) is 0 Å². The van der Waals surface area contributed by atoms with Crippen molar-refractivity contribution in [1.29, 1.82) is 0 Å². The van der Waals surface area contributed by atoms with Crippen molar-refractivity contribution in [1.82, 2.24) is 14.8 Å². The topological polar surface area (TPSA) is 75.2 Å². The fraction of sp³-hybridized carbons (Fsp3) is 0.125. The zero-order chi connectivity index (χ0) is 15.5. The average Bonchev–Trinajstić information content (AvgIpc) is 2.96. The normalized spacial score (nSPS) is 10.5. The van der Waals surface area contributed by atoms with Gasteiger partial charge in [0.25, 0.3) is 0 Å². The fourth-order valence-electron chi connectivity index (χ4n) is 2.12. The largest absolute Gasteiger partial charge is 0.491 e. The standard InChI is InChI=1S/C16H16N4O2/c1-20-10-11(9-19-20)15-16(21-2)14(7-8-18-15)22-13-5-3-12(17)4-6-13/h3-10H,17H2,1-2H3. The number of aromatic nitrogens is 3. The molecule has 0 saturated carbocycles. The Balaban J connectivity index is 1.99. The van der Waals surface area contributed by atoms with Crippen molar-refractivity contribution in [3.63, 3.8) is 0 Å². The summed E-state index contributed by atoms with van der Waals surface area (Å²) in [6, 6.07) is 8.93.